The number of carbonyl (C=O) groups excluding carboxylic acids is 2. The summed E-state index contributed by atoms with van der Waals surface area (Å²) < 4.78 is 10.4. The van der Waals surface area contributed by atoms with Crippen molar-refractivity contribution in [2.24, 2.45) is 0 Å². The standard InChI is InChI=1S/C17H16N2O4/c1-22-13-7-8-15-14(9-13)18-16(20)10-19(15)17(21)23-11-12-5-3-2-4-6-12/h2-9H,10-11H2,1H3,(H,18,20). The van der Waals surface area contributed by atoms with Crippen molar-refractivity contribution >= 4 is 23.4 Å². The zero-order valence-electron chi connectivity index (χ0n) is 12.6. The van der Waals surface area contributed by atoms with Crippen LogP contribution in [0.5, 0.6) is 5.75 Å². The van der Waals surface area contributed by atoms with Gasteiger partial charge in [-0.25, -0.2) is 4.79 Å². The summed E-state index contributed by atoms with van der Waals surface area (Å²) in [6.45, 7) is 0.0796. The van der Waals surface area contributed by atoms with Crippen LogP contribution in [0.1, 0.15) is 5.56 Å². The first kappa shape index (κ1) is 14.9. The van der Waals surface area contributed by atoms with Gasteiger partial charge in [-0.15, -0.1) is 0 Å². The molecule has 0 unspecified atom stereocenters. The number of rotatable bonds is 3. The molecule has 0 aromatic heterocycles. The fraction of sp³-hybridized carbons (Fsp3) is 0.176. The first-order valence-corrected chi connectivity index (χ1v) is 7.13. The van der Waals surface area contributed by atoms with Crippen LogP contribution in [-0.2, 0) is 16.1 Å². The number of hydrogen-bond donors (Lipinski definition) is 1. The largest absolute Gasteiger partial charge is 0.497 e. The zero-order chi connectivity index (χ0) is 16.2. The molecule has 1 heterocycles. The molecule has 0 spiro atoms. The lowest BCUT2D eigenvalue weighted by molar-refractivity contribution is -0.115. The minimum Gasteiger partial charge on any atom is -0.497 e. The summed E-state index contributed by atoms with van der Waals surface area (Å²) in [5.41, 5.74) is 2.00. The van der Waals surface area contributed by atoms with Gasteiger partial charge in [-0.05, 0) is 17.7 Å². The van der Waals surface area contributed by atoms with E-state index in [2.05, 4.69) is 5.32 Å². The third-order valence-electron chi connectivity index (χ3n) is 3.50. The monoisotopic (exact) mass is 312 g/mol. The number of hydrogen-bond acceptors (Lipinski definition) is 4. The van der Waals surface area contributed by atoms with Gasteiger partial charge in [0.1, 0.15) is 18.9 Å². The lowest BCUT2D eigenvalue weighted by Crippen LogP contribution is -2.42. The minimum absolute atomic E-state index is 0.0764. The third-order valence-corrected chi connectivity index (χ3v) is 3.50. The average Bonchev–Trinajstić information content (AvgIpc) is 2.59. The smallest absolute Gasteiger partial charge is 0.415 e. The Morgan fingerprint density at radius 2 is 2.00 bits per heavy atom. The highest BCUT2D eigenvalue weighted by molar-refractivity contribution is 6.08. The summed E-state index contributed by atoms with van der Waals surface area (Å²) in [5, 5.41) is 2.72. The molecular formula is C17H16N2O4. The number of nitrogens with one attached hydrogen (secondary N) is 1. The molecule has 2 aromatic rings. The molecule has 23 heavy (non-hydrogen) atoms. The van der Waals surface area contributed by atoms with Crippen LogP contribution in [0.15, 0.2) is 48.5 Å². The highest BCUT2D eigenvalue weighted by Crippen LogP contribution is 2.33. The molecule has 0 fully saturated rings. The molecule has 2 amide bonds. The first-order valence-electron chi connectivity index (χ1n) is 7.13. The van der Waals surface area contributed by atoms with Crippen molar-refractivity contribution in [3.63, 3.8) is 0 Å². The number of ether oxygens (including phenoxy) is 2. The number of carbonyl (C=O) groups is 2. The fourth-order valence-electron chi connectivity index (χ4n) is 2.36. The van der Waals surface area contributed by atoms with Crippen molar-refractivity contribution in [3.05, 3.63) is 54.1 Å². The van der Waals surface area contributed by atoms with Gasteiger partial charge in [-0.1, -0.05) is 30.3 Å². The average molecular weight is 312 g/mol. The van der Waals surface area contributed by atoms with Crippen LogP contribution in [-0.4, -0.2) is 25.7 Å². The van der Waals surface area contributed by atoms with E-state index in [4.69, 9.17) is 9.47 Å². The predicted molar refractivity (Wildman–Crippen MR) is 85.6 cm³/mol. The maximum atomic E-state index is 12.3. The lowest BCUT2D eigenvalue weighted by Gasteiger charge is -2.28. The van der Waals surface area contributed by atoms with Crippen LogP contribution >= 0.6 is 0 Å². The highest BCUT2D eigenvalue weighted by Gasteiger charge is 2.28. The van der Waals surface area contributed by atoms with E-state index in [1.165, 1.54) is 12.0 Å². The second-order valence-electron chi connectivity index (χ2n) is 5.06. The van der Waals surface area contributed by atoms with E-state index in [0.717, 1.165) is 5.56 Å². The van der Waals surface area contributed by atoms with Crippen LogP contribution < -0.4 is 15.0 Å². The summed E-state index contributed by atoms with van der Waals surface area (Å²) in [6, 6.07) is 14.5. The summed E-state index contributed by atoms with van der Waals surface area (Å²) in [7, 11) is 1.54. The summed E-state index contributed by atoms with van der Waals surface area (Å²) in [6.07, 6.45) is -0.560. The molecule has 3 rings (SSSR count). The number of amides is 2. The van der Waals surface area contributed by atoms with Gasteiger partial charge in [0.2, 0.25) is 5.91 Å². The van der Waals surface area contributed by atoms with E-state index in [1.54, 1.807) is 18.2 Å². The molecule has 0 saturated carbocycles. The van der Waals surface area contributed by atoms with E-state index in [0.29, 0.717) is 17.1 Å². The lowest BCUT2D eigenvalue weighted by atomic mass is 10.2. The number of nitrogens with zero attached hydrogens (tertiary/aromatic N) is 1. The predicted octanol–water partition coefficient (Wildman–Crippen LogP) is 2.79. The van der Waals surface area contributed by atoms with Gasteiger partial charge in [0, 0.05) is 6.07 Å². The molecule has 0 radical (unpaired) electrons. The molecule has 1 N–H and O–H groups in total. The molecular weight excluding hydrogens is 296 g/mol. The van der Waals surface area contributed by atoms with Crippen molar-refractivity contribution in [3.8, 4) is 5.75 Å². The quantitative estimate of drug-likeness (QED) is 0.946. The van der Waals surface area contributed by atoms with Crippen molar-refractivity contribution in [1.29, 1.82) is 0 Å². The summed E-state index contributed by atoms with van der Waals surface area (Å²) >= 11 is 0. The number of methoxy groups -OCH3 is 1. The molecule has 0 atom stereocenters. The van der Waals surface area contributed by atoms with Gasteiger partial charge >= 0.3 is 6.09 Å². The Bertz CT molecular complexity index is 731. The number of fused-ring (bicyclic) bond motifs is 1. The Morgan fingerprint density at radius 3 is 2.74 bits per heavy atom. The van der Waals surface area contributed by atoms with Crippen LogP contribution in [0.2, 0.25) is 0 Å². The fourth-order valence-corrected chi connectivity index (χ4v) is 2.36. The maximum Gasteiger partial charge on any atom is 0.415 e. The van der Waals surface area contributed by atoms with Crippen molar-refractivity contribution in [1.82, 2.24) is 0 Å². The van der Waals surface area contributed by atoms with E-state index in [-0.39, 0.29) is 19.1 Å². The van der Waals surface area contributed by atoms with E-state index >= 15 is 0 Å². The topological polar surface area (TPSA) is 67.9 Å². The highest BCUT2D eigenvalue weighted by atomic mass is 16.6. The van der Waals surface area contributed by atoms with Crippen molar-refractivity contribution in [2.75, 3.05) is 23.9 Å². The Balaban J connectivity index is 1.77. The Hall–Kier alpha value is -3.02. The molecule has 118 valence electrons. The van der Waals surface area contributed by atoms with E-state index in [1.807, 2.05) is 30.3 Å². The normalized spacial score (nSPS) is 13.1. The molecule has 6 heteroatoms. The molecule has 2 aromatic carbocycles. The van der Waals surface area contributed by atoms with E-state index < -0.39 is 6.09 Å². The molecule has 6 nitrogen and oxygen atoms in total. The first-order chi connectivity index (χ1) is 11.2. The SMILES string of the molecule is COc1ccc2c(c1)NC(=O)CN2C(=O)OCc1ccccc1. The van der Waals surface area contributed by atoms with Gasteiger partial charge in [0.15, 0.2) is 0 Å². The minimum atomic E-state index is -0.560. The Morgan fingerprint density at radius 1 is 1.22 bits per heavy atom. The molecule has 1 aliphatic rings. The van der Waals surface area contributed by atoms with Gasteiger partial charge in [-0.3, -0.25) is 9.69 Å². The second kappa shape index (κ2) is 6.39. The molecule has 0 bridgehead atoms. The van der Waals surface area contributed by atoms with Crippen LogP contribution in [0.25, 0.3) is 0 Å². The molecule has 0 saturated heterocycles. The summed E-state index contributed by atoms with van der Waals surface area (Å²) in [5.74, 6) is 0.325. The number of benzene rings is 2. The van der Waals surface area contributed by atoms with Crippen molar-refractivity contribution < 1.29 is 19.1 Å². The molecule has 1 aliphatic heterocycles. The van der Waals surface area contributed by atoms with Gasteiger partial charge in [0.05, 0.1) is 18.5 Å². The van der Waals surface area contributed by atoms with Crippen LogP contribution in [0, 0.1) is 0 Å². The maximum absolute atomic E-state index is 12.3. The third kappa shape index (κ3) is 3.26. The van der Waals surface area contributed by atoms with Crippen molar-refractivity contribution in [2.45, 2.75) is 6.61 Å². The Kier molecular flexibility index (Phi) is 4.14. The zero-order valence-corrected chi connectivity index (χ0v) is 12.6. The van der Waals surface area contributed by atoms with Crippen LogP contribution in [0.3, 0.4) is 0 Å². The number of anilines is 2. The van der Waals surface area contributed by atoms with Gasteiger partial charge < -0.3 is 14.8 Å². The van der Waals surface area contributed by atoms with Crippen LogP contribution in [0.4, 0.5) is 16.2 Å². The van der Waals surface area contributed by atoms with Gasteiger partial charge in [-0.2, -0.15) is 0 Å². The van der Waals surface area contributed by atoms with E-state index in [9.17, 15) is 9.59 Å². The second-order valence-corrected chi connectivity index (χ2v) is 5.06. The van der Waals surface area contributed by atoms with Gasteiger partial charge in [0.25, 0.3) is 0 Å². The molecule has 0 aliphatic carbocycles. The summed E-state index contributed by atoms with van der Waals surface area (Å²) in [4.78, 5) is 25.5. The Labute approximate surface area is 133 Å².